The van der Waals surface area contributed by atoms with Crippen molar-refractivity contribution in [2.45, 2.75) is 13.8 Å². The van der Waals surface area contributed by atoms with E-state index >= 15 is 0 Å². The van der Waals surface area contributed by atoms with E-state index in [2.05, 4.69) is 21.2 Å². The Hall–Kier alpha value is -2.58. The predicted molar refractivity (Wildman–Crippen MR) is 113 cm³/mol. The number of nitrogens with zero attached hydrogens (tertiary/aromatic N) is 1. The number of aryl methyl sites for hydroxylation is 1. The Kier molecular flexibility index (Phi) is 5.90. The third kappa shape index (κ3) is 4.28. The molecule has 1 saturated heterocycles. The molecule has 1 heterocycles. The highest BCUT2D eigenvalue weighted by atomic mass is 79.9. The van der Waals surface area contributed by atoms with E-state index in [0.29, 0.717) is 15.7 Å². The van der Waals surface area contributed by atoms with E-state index in [1.165, 1.54) is 6.07 Å². The summed E-state index contributed by atoms with van der Waals surface area (Å²) in [5.41, 5.74) is 3.27. The minimum atomic E-state index is -0.518. The molecule has 0 radical (unpaired) electrons. The molecule has 2 N–H and O–H groups in total. The van der Waals surface area contributed by atoms with Gasteiger partial charge in [-0.1, -0.05) is 18.2 Å². The van der Waals surface area contributed by atoms with Crippen LogP contribution in [0.3, 0.4) is 0 Å². The van der Waals surface area contributed by atoms with E-state index in [0.717, 1.165) is 27.8 Å². The molecule has 0 atom stereocenters. The van der Waals surface area contributed by atoms with Gasteiger partial charge in [0, 0.05) is 5.69 Å². The molecule has 0 aromatic heterocycles. The third-order valence-corrected chi connectivity index (χ3v) is 5.87. The van der Waals surface area contributed by atoms with Gasteiger partial charge in [0.05, 0.1) is 9.38 Å². The highest BCUT2D eigenvalue weighted by Crippen LogP contribution is 2.33. The molecule has 6 nitrogen and oxygen atoms in total. The van der Waals surface area contributed by atoms with Crippen LogP contribution in [0.15, 0.2) is 45.8 Å². The number of carbonyl (C=O) groups excluding carboxylic acids is 3. The van der Waals surface area contributed by atoms with Gasteiger partial charge in [-0.2, -0.15) is 0 Å². The van der Waals surface area contributed by atoms with Crippen LogP contribution in [0.25, 0.3) is 6.08 Å². The average molecular weight is 461 g/mol. The quantitative estimate of drug-likeness (QED) is 0.658. The largest absolute Gasteiger partial charge is 0.507 e. The first-order valence-electron chi connectivity index (χ1n) is 8.36. The summed E-state index contributed by atoms with van der Waals surface area (Å²) in [6, 6.07) is 10.3. The van der Waals surface area contributed by atoms with E-state index in [4.69, 9.17) is 0 Å². The number of thioether (sulfide) groups is 1. The second kappa shape index (κ2) is 8.20. The lowest BCUT2D eigenvalue weighted by atomic mass is 10.1. The summed E-state index contributed by atoms with van der Waals surface area (Å²) < 4.78 is 0.480. The van der Waals surface area contributed by atoms with Crippen LogP contribution >= 0.6 is 27.7 Å². The van der Waals surface area contributed by atoms with Gasteiger partial charge in [0.15, 0.2) is 0 Å². The fourth-order valence-electron chi connectivity index (χ4n) is 2.62. The molecule has 1 aliphatic rings. The van der Waals surface area contributed by atoms with Crippen LogP contribution in [-0.2, 0) is 9.59 Å². The molecule has 28 heavy (non-hydrogen) atoms. The van der Waals surface area contributed by atoms with Crippen LogP contribution in [0, 0.1) is 13.8 Å². The smallest absolute Gasteiger partial charge is 0.294 e. The minimum Gasteiger partial charge on any atom is -0.507 e. The summed E-state index contributed by atoms with van der Waals surface area (Å²) >= 11 is 3.99. The standard InChI is InChI=1S/C20H17BrN2O4S/c1-11-4-3-5-15(12(11)2)22-18(25)10-23-19(26)17(28-20(23)27)9-13-6-7-16(24)14(21)8-13/h3-9,24H,10H2,1-2H3,(H,22,25)/b17-9+. The number of aromatic hydroxyl groups is 1. The van der Waals surface area contributed by atoms with Gasteiger partial charge in [-0.05, 0) is 82.5 Å². The first kappa shape index (κ1) is 20.2. The van der Waals surface area contributed by atoms with Crippen molar-refractivity contribution in [3.05, 3.63) is 62.5 Å². The maximum atomic E-state index is 12.6. The van der Waals surface area contributed by atoms with E-state index in [1.54, 1.807) is 24.3 Å². The number of nitrogens with one attached hydrogen (secondary N) is 1. The van der Waals surface area contributed by atoms with Gasteiger partial charge in [-0.25, -0.2) is 0 Å². The zero-order valence-corrected chi connectivity index (χ0v) is 17.6. The summed E-state index contributed by atoms with van der Waals surface area (Å²) in [5.74, 6) is -0.881. The SMILES string of the molecule is Cc1cccc(NC(=O)CN2C(=O)S/C(=C/c3ccc(O)c(Br)c3)C2=O)c1C. The number of hydrogen-bond acceptors (Lipinski definition) is 5. The Bertz CT molecular complexity index is 1020. The van der Waals surface area contributed by atoms with Crippen LogP contribution in [0.2, 0.25) is 0 Å². The zero-order chi connectivity index (χ0) is 20.4. The number of imide groups is 1. The number of hydrogen-bond donors (Lipinski definition) is 2. The van der Waals surface area contributed by atoms with Gasteiger partial charge in [-0.3, -0.25) is 19.3 Å². The fourth-order valence-corrected chi connectivity index (χ4v) is 3.86. The molecule has 2 aromatic rings. The Labute approximate surface area is 174 Å². The van der Waals surface area contributed by atoms with Crippen molar-refractivity contribution >= 4 is 56.5 Å². The van der Waals surface area contributed by atoms with Gasteiger partial charge < -0.3 is 10.4 Å². The van der Waals surface area contributed by atoms with Gasteiger partial charge in [0.2, 0.25) is 5.91 Å². The molecule has 0 bridgehead atoms. The highest BCUT2D eigenvalue weighted by Gasteiger charge is 2.36. The molecule has 0 aliphatic carbocycles. The molecule has 1 fully saturated rings. The lowest BCUT2D eigenvalue weighted by molar-refractivity contribution is -0.127. The summed E-state index contributed by atoms with van der Waals surface area (Å²) in [4.78, 5) is 38.3. The molecule has 3 rings (SSSR count). The first-order chi connectivity index (χ1) is 13.3. The summed E-state index contributed by atoms with van der Waals surface area (Å²) in [6.07, 6.45) is 1.55. The van der Waals surface area contributed by atoms with Crippen LogP contribution in [0.1, 0.15) is 16.7 Å². The number of anilines is 1. The van der Waals surface area contributed by atoms with Crippen LogP contribution in [-0.4, -0.2) is 33.6 Å². The monoisotopic (exact) mass is 460 g/mol. The number of phenols is 1. The topological polar surface area (TPSA) is 86.7 Å². The van der Waals surface area contributed by atoms with Gasteiger partial charge in [0.1, 0.15) is 12.3 Å². The van der Waals surface area contributed by atoms with Crippen molar-refractivity contribution in [3.63, 3.8) is 0 Å². The minimum absolute atomic E-state index is 0.0772. The highest BCUT2D eigenvalue weighted by molar-refractivity contribution is 9.10. The van der Waals surface area contributed by atoms with Crippen LogP contribution in [0.5, 0.6) is 5.75 Å². The molecule has 0 spiro atoms. The number of phenolic OH excluding ortho intramolecular Hbond substituents is 1. The van der Waals surface area contributed by atoms with E-state index < -0.39 is 17.1 Å². The maximum absolute atomic E-state index is 12.6. The van der Waals surface area contributed by atoms with Gasteiger partial charge in [0.25, 0.3) is 11.1 Å². The Balaban J connectivity index is 1.73. The van der Waals surface area contributed by atoms with Crippen molar-refractivity contribution in [2.75, 3.05) is 11.9 Å². The Morgan fingerprint density at radius 1 is 1.25 bits per heavy atom. The second-order valence-corrected chi connectivity index (χ2v) is 8.12. The molecular formula is C20H17BrN2O4S. The van der Waals surface area contributed by atoms with E-state index in [-0.39, 0.29) is 17.2 Å². The third-order valence-electron chi connectivity index (χ3n) is 4.32. The molecule has 0 unspecified atom stereocenters. The van der Waals surface area contributed by atoms with E-state index in [9.17, 15) is 19.5 Å². The summed E-state index contributed by atoms with van der Waals surface area (Å²) in [5, 5.41) is 11.8. The molecule has 3 amide bonds. The first-order valence-corrected chi connectivity index (χ1v) is 9.97. The molecule has 2 aromatic carbocycles. The van der Waals surface area contributed by atoms with Crippen molar-refractivity contribution in [1.29, 1.82) is 0 Å². The maximum Gasteiger partial charge on any atom is 0.294 e. The lowest BCUT2D eigenvalue weighted by Crippen LogP contribution is -2.36. The predicted octanol–water partition coefficient (Wildman–Crippen LogP) is 4.45. The number of halogens is 1. The molecule has 1 aliphatic heterocycles. The fraction of sp³-hybridized carbons (Fsp3) is 0.150. The molecular weight excluding hydrogens is 444 g/mol. The summed E-state index contributed by atoms with van der Waals surface area (Å²) in [7, 11) is 0. The Morgan fingerprint density at radius 2 is 2.00 bits per heavy atom. The average Bonchev–Trinajstić information content (AvgIpc) is 2.89. The summed E-state index contributed by atoms with van der Waals surface area (Å²) in [6.45, 7) is 3.48. The van der Waals surface area contributed by atoms with Gasteiger partial charge >= 0.3 is 0 Å². The molecule has 144 valence electrons. The lowest BCUT2D eigenvalue weighted by Gasteiger charge is -2.14. The van der Waals surface area contributed by atoms with Gasteiger partial charge in [-0.15, -0.1) is 0 Å². The van der Waals surface area contributed by atoms with Crippen LogP contribution < -0.4 is 5.32 Å². The van der Waals surface area contributed by atoms with Crippen molar-refractivity contribution in [2.24, 2.45) is 0 Å². The van der Waals surface area contributed by atoms with E-state index in [1.807, 2.05) is 26.0 Å². The molecule has 8 heteroatoms. The number of benzene rings is 2. The van der Waals surface area contributed by atoms with Crippen molar-refractivity contribution < 1.29 is 19.5 Å². The number of carbonyl (C=O) groups is 3. The number of rotatable bonds is 4. The van der Waals surface area contributed by atoms with Crippen molar-refractivity contribution in [3.8, 4) is 5.75 Å². The number of amides is 3. The molecule has 0 saturated carbocycles. The Morgan fingerprint density at radius 3 is 2.71 bits per heavy atom. The van der Waals surface area contributed by atoms with Crippen molar-refractivity contribution in [1.82, 2.24) is 4.90 Å². The second-order valence-electron chi connectivity index (χ2n) is 6.27. The normalized spacial score (nSPS) is 15.4. The zero-order valence-electron chi connectivity index (χ0n) is 15.2. The van der Waals surface area contributed by atoms with Crippen LogP contribution in [0.4, 0.5) is 10.5 Å².